The number of halogens is 3. The largest absolute Gasteiger partial charge is 0.487 e. The molecular formula is C28H23ClF2N4O3S. The van der Waals surface area contributed by atoms with E-state index < -0.39 is 12.8 Å². The lowest BCUT2D eigenvalue weighted by Gasteiger charge is -2.19. The first-order valence-corrected chi connectivity index (χ1v) is 13.4. The lowest BCUT2D eigenvalue weighted by molar-refractivity contribution is 0.0984. The second kappa shape index (κ2) is 12.3. The Bertz CT molecular complexity index is 1550. The highest BCUT2D eigenvalue weighted by Gasteiger charge is 2.28. The first kappa shape index (κ1) is 26.7. The fourth-order valence-electron chi connectivity index (χ4n) is 4.12. The molecule has 200 valence electrons. The lowest BCUT2D eigenvalue weighted by Crippen LogP contribution is -2.35. The molecule has 39 heavy (non-hydrogen) atoms. The van der Waals surface area contributed by atoms with Crippen molar-refractivity contribution in [3.63, 3.8) is 0 Å². The quantitative estimate of drug-likeness (QED) is 0.249. The normalized spacial score (nSPS) is 14.6. The molecule has 0 saturated carbocycles. The molecule has 1 atom stereocenters. The fourth-order valence-corrected chi connectivity index (χ4v) is 5.28. The van der Waals surface area contributed by atoms with E-state index in [1.54, 1.807) is 24.3 Å². The average molecular weight is 569 g/mol. The fraction of sp³-hybridized carbons (Fsp3) is 0.250. The van der Waals surface area contributed by atoms with E-state index in [-0.39, 0.29) is 25.1 Å². The molecular weight excluding hydrogens is 546 g/mol. The summed E-state index contributed by atoms with van der Waals surface area (Å²) in [6.45, 7) is -0.243. The van der Waals surface area contributed by atoms with Gasteiger partial charge in [-0.15, -0.1) is 11.3 Å². The molecule has 1 saturated heterocycles. The van der Waals surface area contributed by atoms with Gasteiger partial charge < -0.3 is 14.8 Å². The van der Waals surface area contributed by atoms with Crippen molar-refractivity contribution in [2.45, 2.75) is 25.5 Å². The van der Waals surface area contributed by atoms with Crippen LogP contribution in [0.1, 0.15) is 23.3 Å². The summed E-state index contributed by atoms with van der Waals surface area (Å²) in [5, 5.41) is 3.66. The van der Waals surface area contributed by atoms with Gasteiger partial charge in [-0.3, -0.25) is 4.90 Å². The van der Waals surface area contributed by atoms with Crippen LogP contribution in [-0.4, -0.2) is 46.8 Å². The number of hydrogen-bond donors (Lipinski definition) is 1. The minimum Gasteiger partial charge on any atom is -0.487 e. The summed E-state index contributed by atoms with van der Waals surface area (Å²) in [5.41, 5.74) is 2.13. The molecule has 2 aromatic heterocycles. The van der Waals surface area contributed by atoms with Crippen molar-refractivity contribution in [1.29, 1.82) is 0 Å². The number of aromatic nitrogens is 2. The van der Waals surface area contributed by atoms with E-state index in [1.165, 1.54) is 34.7 Å². The molecule has 4 aromatic rings. The van der Waals surface area contributed by atoms with E-state index in [4.69, 9.17) is 21.1 Å². The minimum atomic E-state index is -0.712. The Morgan fingerprint density at radius 2 is 2.13 bits per heavy atom. The number of ether oxygens (including phenoxy) is 2. The summed E-state index contributed by atoms with van der Waals surface area (Å²) in [4.78, 5) is 23.2. The molecule has 0 bridgehead atoms. The van der Waals surface area contributed by atoms with Gasteiger partial charge in [0.15, 0.2) is 5.82 Å². The number of carbonyl (C=O) groups excluding carboxylic acids is 1. The number of alkyl halides is 1. The molecule has 2 aromatic carbocycles. The Hall–Kier alpha value is -3.94. The molecule has 0 unspecified atom stereocenters. The Morgan fingerprint density at radius 1 is 1.23 bits per heavy atom. The number of anilines is 2. The lowest BCUT2D eigenvalue weighted by atomic mass is 10.2. The Labute approximate surface area is 232 Å². The molecule has 11 heteroatoms. The van der Waals surface area contributed by atoms with Crippen LogP contribution < -0.4 is 10.1 Å². The monoisotopic (exact) mass is 568 g/mol. The van der Waals surface area contributed by atoms with E-state index in [9.17, 15) is 13.6 Å². The van der Waals surface area contributed by atoms with Crippen molar-refractivity contribution in [2.24, 2.45) is 0 Å². The van der Waals surface area contributed by atoms with Crippen molar-refractivity contribution >= 4 is 50.8 Å². The minimum absolute atomic E-state index is 0.188. The highest BCUT2D eigenvalue weighted by atomic mass is 35.5. The van der Waals surface area contributed by atoms with Crippen LogP contribution in [0.4, 0.5) is 25.1 Å². The Morgan fingerprint density at radius 3 is 2.95 bits per heavy atom. The van der Waals surface area contributed by atoms with E-state index in [0.29, 0.717) is 34.4 Å². The van der Waals surface area contributed by atoms with Crippen LogP contribution in [0.15, 0.2) is 54.9 Å². The highest BCUT2D eigenvalue weighted by Crippen LogP contribution is 2.33. The van der Waals surface area contributed by atoms with E-state index >= 15 is 0 Å². The number of carbonyl (C=O) groups is 1. The van der Waals surface area contributed by atoms with Crippen LogP contribution in [0.3, 0.4) is 0 Å². The standard InChI is InChI=1S/C28H23ClF2N4O3S/c29-23-14-20(6-9-25(23)38-16-18-3-1-4-19(31)13-18)34-27-26-24(32-17-33-27)15-22(39-26)8-7-21-5-2-11-35(21)28(36)37-12-10-30/h1,3-4,6,9,13-15,17,21H,2,5,10-12,16H2,(H,32,33,34)/t21-/m1/s1. The Kier molecular flexibility index (Phi) is 8.39. The molecule has 7 nitrogen and oxygen atoms in total. The third-order valence-electron chi connectivity index (χ3n) is 5.94. The second-order valence-corrected chi connectivity index (χ2v) is 10.1. The summed E-state index contributed by atoms with van der Waals surface area (Å²) in [7, 11) is 0. The number of benzene rings is 2. The first-order valence-electron chi connectivity index (χ1n) is 12.2. The SMILES string of the molecule is O=C(OCCF)N1CCC[C@@H]1C#Cc1cc2ncnc(Nc3ccc(OCc4cccc(F)c4)c(Cl)c3)c2s1. The molecule has 0 spiro atoms. The van der Waals surface area contributed by atoms with Crippen LogP contribution in [0.25, 0.3) is 10.2 Å². The number of thiophene rings is 1. The molecule has 1 N–H and O–H groups in total. The maximum Gasteiger partial charge on any atom is 0.410 e. The molecule has 1 aliphatic rings. The van der Waals surface area contributed by atoms with Gasteiger partial charge in [-0.2, -0.15) is 0 Å². The van der Waals surface area contributed by atoms with E-state index in [1.807, 2.05) is 12.1 Å². The predicted octanol–water partition coefficient (Wildman–Crippen LogP) is 6.73. The molecule has 0 aliphatic carbocycles. The summed E-state index contributed by atoms with van der Waals surface area (Å²) in [6.07, 6.45) is 2.47. The number of amides is 1. The van der Waals surface area contributed by atoms with Crippen molar-refractivity contribution in [2.75, 3.05) is 25.1 Å². The maximum absolute atomic E-state index is 13.4. The van der Waals surface area contributed by atoms with Gasteiger partial charge in [-0.05, 0) is 54.8 Å². The molecule has 0 radical (unpaired) electrons. The zero-order valence-electron chi connectivity index (χ0n) is 20.6. The highest BCUT2D eigenvalue weighted by molar-refractivity contribution is 7.20. The van der Waals surface area contributed by atoms with Crippen LogP contribution in [0.2, 0.25) is 5.02 Å². The molecule has 1 amide bonds. The molecule has 1 aliphatic heterocycles. The summed E-state index contributed by atoms with van der Waals surface area (Å²) in [6, 6.07) is 13.1. The number of nitrogens with zero attached hydrogens (tertiary/aromatic N) is 3. The number of fused-ring (bicyclic) bond motifs is 1. The number of likely N-dealkylation sites (tertiary alicyclic amines) is 1. The predicted molar refractivity (Wildman–Crippen MR) is 147 cm³/mol. The van der Waals surface area contributed by atoms with Crippen molar-refractivity contribution in [1.82, 2.24) is 14.9 Å². The van der Waals surface area contributed by atoms with Gasteiger partial charge in [-0.25, -0.2) is 23.5 Å². The summed E-state index contributed by atoms with van der Waals surface area (Å²) < 4.78 is 37.2. The van der Waals surface area contributed by atoms with Gasteiger partial charge in [0.2, 0.25) is 0 Å². The third-order valence-corrected chi connectivity index (χ3v) is 7.28. The smallest absolute Gasteiger partial charge is 0.410 e. The van der Waals surface area contributed by atoms with Gasteiger partial charge in [0, 0.05) is 12.2 Å². The van der Waals surface area contributed by atoms with E-state index in [2.05, 4.69) is 27.1 Å². The van der Waals surface area contributed by atoms with Crippen LogP contribution in [0.5, 0.6) is 5.75 Å². The van der Waals surface area contributed by atoms with Gasteiger partial charge >= 0.3 is 6.09 Å². The number of hydrogen-bond acceptors (Lipinski definition) is 7. The van der Waals surface area contributed by atoms with Crippen LogP contribution in [-0.2, 0) is 11.3 Å². The zero-order valence-corrected chi connectivity index (χ0v) is 22.2. The maximum atomic E-state index is 13.4. The number of rotatable bonds is 7. The second-order valence-electron chi connectivity index (χ2n) is 8.66. The third kappa shape index (κ3) is 6.56. The van der Waals surface area contributed by atoms with Gasteiger partial charge in [0.05, 0.1) is 26.2 Å². The van der Waals surface area contributed by atoms with Gasteiger partial charge in [-0.1, -0.05) is 35.6 Å². The molecule has 1 fully saturated rings. The molecule has 5 rings (SSSR count). The van der Waals surface area contributed by atoms with Crippen LogP contribution in [0, 0.1) is 17.7 Å². The van der Waals surface area contributed by atoms with Crippen molar-refractivity contribution < 1.29 is 23.0 Å². The average Bonchev–Trinajstić information content (AvgIpc) is 3.57. The zero-order chi connectivity index (χ0) is 27.2. The Balaban J connectivity index is 1.28. The number of nitrogens with one attached hydrogen (secondary N) is 1. The van der Waals surface area contributed by atoms with Gasteiger partial charge in [0.25, 0.3) is 0 Å². The first-order chi connectivity index (χ1) is 19.0. The van der Waals surface area contributed by atoms with Crippen molar-refractivity contribution in [3.8, 4) is 17.6 Å². The van der Waals surface area contributed by atoms with Crippen LogP contribution >= 0.6 is 22.9 Å². The van der Waals surface area contributed by atoms with E-state index in [0.717, 1.165) is 27.9 Å². The summed E-state index contributed by atoms with van der Waals surface area (Å²) in [5.74, 6) is 7.04. The van der Waals surface area contributed by atoms with Gasteiger partial charge in [0.1, 0.15) is 37.8 Å². The molecule has 3 heterocycles. The topological polar surface area (TPSA) is 76.6 Å². The summed E-state index contributed by atoms with van der Waals surface area (Å²) >= 11 is 7.87. The van der Waals surface area contributed by atoms with Crippen molar-refractivity contribution in [3.05, 3.63) is 76.1 Å².